The van der Waals surface area contributed by atoms with Crippen molar-refractivity contribution >= 4 is 22.7 Å². The zero-order valence-electron chi connectivity index (χ0n) is 11.9. The van der Waals surface area contributed by atoms with Gasteiger partial charge in [0.05, 0.1) is 6.04 Å². The van der Waals surface area contributed by atoms with Crippen LogP contribution in [-0.4, -0.2) is 30.6 Å². The largest absolute Gasteiger partial charge is 0.304 e. The van der Waals surface area contributed by atoms with Crippen LogP contribution in [0.25, 0.3) is 0 Å². The highest BCUT2D eigenvalue weighted by Crippen LogP contribution is 2.29. The Hall–Kier alpha value is -0.680. The van der Waals surface area contributed by atoms with Crippen LogP contribution in [0.2, 0.25) is 0 Å². The van der Waals surface area contributed by atoms with Crippen LogP contribution in [-0.2, 0) is 0 Å². The summed E-state index contributed by atoms with van der Waals surface area (Å²) in [5.74, 6) is 0. The van der Waals surface area contributed by atoms with E-state index in [1.165, 1.54) is 29.1 Å². The van der Waals surface area contributed by atoms with Crippen molar-refractivity contribution in [2.75, 3.05) is 19.6 Å². The Labute approximate surface area is 129 Å². The Morgan fingerprint density at radius 2 is 1.85 bits per heavy atom. The van der Waals surface area contributed by atoms with Gasteiger partial charge in [0.1, 0.15) is 0 Å². The average Bonchev–Trinajstić information content (AvgIpc) is 2.97. The molecule has 2 heterocycles. The van der Waals surface area contributed by atoms with Crippen LogP contribution in [0.4, 0.5) is 0 Å². The third-order valence-corrected chi connectivity index (χ3v) is 5.75. The number of rotatable bonds is 8. The molecule has 0 unspecified atom stereocenters. The number of hydrogen-bond donors (Lipinski definition) is 1. The third-order valence-electron chi connectivity index (χ3n) is 3.87. The minimum atomic E-state index is 0.368. The summed E-state index contributed by atoms with van der Waals surface area (Å²) in [6, 6.07) is 9.99. The van der Waals surface area contributed by atoms with Crippen molar-refractivity contribution < 1.29 is 0 Å². The number of hydrogen-bond acceptors (Lipinski definition) is 4. The molecule has 0 atom stereocenters. The van der Waals surface area contributed by atoms with Crippen molar-refractivity contribution in [3.05, 3.63) is 44.8 Å². The van der Waals surface area contributed by atoms with E-state index in [1.54, 1.807) is 0 Å². The first-order valence-corrected chi connectivity index (χ1v) is 9.18. The molecule has 0 aromatic carbocycles. The van der Waals surface area contributed by atoms with Gasteiger partial charge in [-0.05, 0) is 42.3 Å². The quantitative estimate of drug-likeness (QED) is 0.794. The summed E-state index contributed by atoms with van der Waals surface area (Å²) in [5, 5.41) is 8.08. The molecule has 0 saturated heterocycles. The monoisotopic (exact) mass is 306 g/mol. The Balaban J connectivity index is 1.59. The van der Waals surface area contributed by atoms with Gasteiger partial charge in [0, 0.05) is 28.9 Å². The van der Waals surface area contributed by atoms with Gasteiger partial charge in [0.25, 0.3) is 0 Å². The maximum absolute atomic E-state index is 3.75. The highest BCUT2D eigenvalue weighted by atomic mass is 32.1. The summed E-state index contributed by atoms with van der Waals surface area (Å²) >= 11 is 3.69. The maximum atomic E-state index is 3.75. The minimum Gasteiger partial charge on any atom is -0.304 e. The molecule has 3 rings (SSSR count). The van der Waals surface area contributed by atoms with E-state index in [-0.39, 0.29) is 0 Å². The van der Waals surface area contributed by atoms with Crippen molar-refractivity contribution in [3.63, 3.8) is 0 Å². The maximum Gasteiger partial charge on any atom is 0.0765 e. The van der Waals surface area contributed by atoms with Gasteiger partial charge >= 0.3 is 0 Å². The van der Waals surface area contributed by atoms with Crippen molar-refractivity contribution in [3.8, 4) is 0 Å². The van der Waals surface area contributed by atoms with E-state index in [1.807, 2.05) is 22.7 Å². The van der Waals surface area contributed by atoms with E-state index in [4.69, 9.17) is 0 Å². The van der Waals surface area contributed by atoms with Crippen LogP contribution < -0.4 is 5.32 Å². The molecule has 108 valence electrons. The topological polar surface area (TPSA) is 15.3 Å². The average molecular weight is 307 g/mol. The van der Waals surface area contributed by atoms with Gasteiger partial charge in [0.2, 0.25) is 0 Å². The molecule has 1 saturated carbocycles. The molecule has 20 heavy (non-hydrogen) atoms. The van der Waals surface area contributed by atoms with Crippen LogP contribution >= 0.6 is 22.7 Å². The van der Waals surface area contributed by atoms with Crippen LogP contribution in [0.1, 0.15) is 35.6 Å². The zero-order chi connectivity index (χ0) is 13.8. The summed E-state index contributed by atoms with van der Waals surface area (Å²) in [6.07, 6.45) is 2.79. The Bertz CT molecular complexity index is 454. The Morgan fingerprint density at radius 3 is 2.30 bits per heavy atom. The number of nitrogens with zero attached hydrogens (tertiary/aromatic N) is 1. The fourth-order valence-corrected chi connectivity index (χ4v) is 4.35. The molecule has 2 nitrogen and oxygen atoms in total. The first-order valence-electron chi connectivity index (χ1n) is 7.42. The Morgan fingerprint density at radius 1 is 1.20 bits per heavy atom. The third kappa shape index (κ3) is 3.50. The van der Waals surface area contributed by atoms with Gasteiger partial charge in [-0.1, -0.05) is 19.1 Å². The summed E-state index contributed by atoms with van der Waals surface area (Å²) < 4.78 is 0. The van der Waals surface area contributed by atoms with Gasteiger partial charge in [-0.15, -0.1) is 22.7 Å². The first kappa shape index (κ1) is 14.3. The van der Waals surface area contributed by atoms with Crippen molar-refractivity contribution in [2.24, 2.45) is 0 Å². The number of thiophene rings is 2. The lowest BCUT2D eigenvalue weighted by Crippen LogP contribution is -2.35. The van der Waals surface area contributed by atoms with Crippen LogP contribution in [0, 0.1) is 0 Å². The lowest BCUT2D eigenvalue weighted by molar-refractivity contribution is 0.275. The molecule has 1 N–H and O–H groups in total. The Kier molecular flexibility index (Phi) is 4.89. The smallest absolute Gasteiger partial charge is 0.0765 e. The molecule has 2 aromatic rings. The fraction of sp³-hybridized carbons (Fsp3) is 0.500. The summed E-state index contributed by atoms with van der Waals surface area (Å²) in [6.45, 7) is 5.67. The van der Waals surface area contributed by atoms with E-state index >= 15 is 0 Å². The molecular weight excluding hydrogens is 284 g/mol. The second-order valence-corrected chi connectivity index (χ2v) is 7.24. The van der Waals surface area contributed by atoms with E-state index in [0.717, 1.165) is 19.1 Å². The van der Waals surface area contributed by atoms with Crippen LogP contribution in [0.15, 0.2) is 35.0 Å². The van der Waals surface area contributed by atoms with Gasteiger partial charge in [-0.2, -0.15) is 0 Å². The van der Waals surface area contributed by atoms with Crippen molar-refractivity contribution in [1.29, 1.82) is 0 Å². The molecule has 0 amide bonds. The first-order chi connectivity index (χ1) is 9.88. The molecule has 0 spiro atoms. The fourth-order valence-electron chi connectivity index (χ4n) is 2.64. The van der Waals surface area contributed by atoms with Crippen LogP contribution in [0.3, 0.4) is 0 Å². The molecule has 1 aliphatic carbocycles. The van der Waals surface area contributed by atoms with E-state index < -0.39 is 0 Å². The minimum absolute atomic E-state index is 0.368. The molecule has 0 radical (unpaired) electrons. The van der Waals surface area contributed by atoms with E-state index in [0.29, 0.717) is 6.04 Å². The van der Waals surface area contributed by atoms with E-state index in [9.17, 15) is 0 Å². The van der Waals surface area contributed by atoms with Crippen molar-refractivity contribution in [2.45, 2.75) is 31.8 Å². The highest BCUT2D eigenvalue weighted by molar-refractivity contribution is 7.11. The van der Waals surface area contributed by atoms with Gasteiger partial charge < -0.3 is 5.32 Å². The van der Waals surface area contributed by atoms with Crippen LogP contribution in [0.5, 0.6) is 0 Å². The number of nitrogens with one attached hydrogen (secondary N) is 1. The molecule has 1 fully saturated rings. The van der Waals surface area contributed by atoms with Gasteiger partial charge in [-0.25, -0.2) is 0 Å². The molecule has 0 aliphatic heterocycles. The lowest BCUT2D eigenvalue weighted by atomic mass is 10.2. The molecule has 2 aromatic heterocycles. The molecule has 0 bridgehead atoms. The SMILES string of the molecule is CCN(CCNC(c1cccs1)c1cccs1)C1CC1. The summed E-state index contributed by atoms with van der Waals surface area (Å²) in [7, 11) is 0. The normalized spacial score (nSPS) is 15.3. The van der Waals surface area contributed by atoms with Gasteiger partial charge in [0.15, 0.2) is 0 Å². The zero-order valence-corrected chi connectivity index (χ0v) is 13.6. The number of likely N-dealkylation sites (N-methyl/N-ethyl adjacent to an activating group) is 1. The predicted octanol–water partition coefficient (Wildman–Crippen LogP) is 3.97. The van der Waals surface area contributed by atoms with Crippen molar-refractivity contribution in [1.82, 2.24) is 10.2 Å². The second kappa shape index (κ2) is 6.85. The highest BCUT2D eigenvalue weighted by Gasteiger charge is 2.27. The standard InChI is InChI=1S/C16H22N2S2/c1-2-18(13-7-8-13)10-9-17-16(14-5-3-11-19-14)15-6-4-12-20-15/h3-6,11-13,16-17H,2,7-10H2,1H3. The molecular formula is C16H22N2S2. The van der Waals surface area contributed by atoms with Gasteiger partial charge in [-0.3, -0.25) is 4.90 Å². The summed E-state index contributed by atoms with van der Waals surface area (Å²) in [5.41, 5.74) is 0. The van der Waals surface area contributed by atoms with E-state index in [2.05, 4.69) is 52.2 Å². The summed E-state index contributed by atoms with van der Waals surface area (Å²) in [4.78, 5) is 5.44. The molecule has 1 aliphatic rings. The second-order valence-electron chi connectivity index (χ2n) is 5.28. The predicted molar refractivity (Wildman–Crippen MR) is 88.8 cm³/mol. The lowest BCUT2D eigenvalue weighted by Gasteiger charge is -2.22. The molecule has 4 heteroatoms.